The molecule has 1 saturated heterocycles. The third-order valence-corrected chi connectivity index (χ3v) is 4.73. The Balaban J connectivity index is 1.57. The van der Waals surface area contributed by atoms with Crippen LogP contribution in [0.25, 0.3) is 11.4 Å². The van der Waals surface area contributed by atoms with E-state index in [9.17, 15) is 13.6 Å². The zero-order valence-corrected chi connectivity index (χ0v) is 15.1. The van der Waals surface area contributed by atoms with Crippen LogP contribution in [0.5, 0.6) is 5.75 Å². The molecular weight excluding hydrogens is 368 g/mol. The number of ether oxygens (including phenoxy) is 1. The first-order chi connectivity index (χ1) is 13.5. The van der Waals surface area contributed by atoms with Gasteiger partial charge in [-0.2, -0.15) is 4.98 Å². The van der Waals surface area contributed by atoms with E-state index >= 15 is 0 Å². The Bertz CT molecular complexity index is 1000. The summed E-state index contributed by atoms with van der Waals surface area (Å²) in [5, 5.41) is 3.92. The molecule has 1 amide bonds. The molecule has 8 heteroatoms. The van der Waals surface area contributed by atoms with E-state index in [1.54, 1.807) is 23.1 Å². The maximum absolute atomic E-state index is 13.9. The van der Waals surface area contributed by atoms with E-state index in [4.69, 9.17) is 9.26 Å². The molecule has 1 aliphatic rings. The van der Waals surface area contributed by atoms with Crippen molar-refractivity contribution in [3.8, 4) is 17.1 Å². The number of hydrogen-bond donors (Lipinski definition) is 0. The van der Waals surface area contributed by atoms with Gasteiger partial charge in [-0.25, -0.2) is 8.78 Å². The Morgan fingerprint density at radius 3 is 2.71 bits per heavy atom. The van der Waals surface area contributed by atoms with Crippen LogP contribution in [-0.4, -0.2) is 28.1 Å². The van der Waals surface area contributed by atoms with Gasteiger partial charge in [0.15, 0.2) is 11.6 Å². The van der Waals surface area contributed by atoms with Crippen molar-refractivity contribution in [1.82, 2.24) is 15.0 Å². The topological polar surface area (TPSA) is 68.5 Å². The fourth-order valence-corrected chi connectivity index (χ4v) is 3.27. The van der Waals surface area contributed by atoms with Crippen molar-refractivity contribution in [2.75, 3.05) is 7.11 Å². The lowest BCUT2D eigenvalue weighted by Crippen LogP contribution is -2.27. The third-order valence-electron chi connectivity index (χ3n) is 4.73. The molecule has 0 spiro atoms. The first kappa shape index (κ1) is 18.1. The van der Waals surface area contributed by atoms with Crippen LogP contribution < -0.4 is 4.74 Å². The quantitative estimate of drug-likeness (QED) is 0.667. The van der Waals surface area contributed by atoms with Crippen LogP contribution in [0.3, 0.4) is 0 Å². The smallest absolute Gasteiger partial charge is 0.249 e. The van der Waals surface area contributed by atoms with Crippen LogP contribution in [0.4, 0.5) is 8.78 Å². The summed E-state index contributed by atoms with van der Waals surface area (Å²) in [5.41, 5.74) is 1.25. The molecule has 0 saturated carbocycles. The number of aromatic nitrogens is 2. The van der Waals surface area contributed by atoms with Gasteiger partial charge in [-0.3, -0.25) is 4.79 Å². The molecule has 0 aliphatic carbocycles. The normalized spacial score (nSPS) is 16.6. The fourth-order valence-electron chi connectivity index (χ4n) is 3.27. The molecule has 1 unspecified atom stereocenters. The second-order valence-electron chi connectivity index (χ2n) is 6.51. The molecule has 1 aromatic heterocycles. The fraction of sp³-hybridized carbons (Fsp3) is 0.250. The molecule has 2 aromatic carbocycles. The molecule has 28 heavy (non-hydrogen) atoms. The molecule has 0 bridgehead atoms. The van der Waals surface area contributed by atoms with Crippen molar-refractivity contribution in [2.45, 2.75) is 25.4 Å². The van der Waals surface area contributed by atoms with E-state index in [1.165, 1.54) is 31.4 Å². The van der Waals surface area contributed by atoms with Gasteiger partial charge in [0, 0.05) is 18.5 Å². The van der Waals surface area contributed by atoms with Crippen molar-refractivity contribution < 1.29 is 22.8 Å². The predicted molar refractivity (Wildman–Crippen MR) is 95.2 cm³/mol. The van der Waals surface area contributed by atoms with E-state index in [0.29, 0.717) is 30.8 Å². The van der Waals surface area contributed by atoms with E-state index in [-0.39, 0.29) is 29.3 Å². The molecule has 6 nitrogen and oxygen atoms in total. The van der Waals surface area contributed by atoms with Gasteiger partial charge >= 0.3 is 0 Å². The minimum Gasteiger partial charge on any atom is -0.494 e. The summed E-state index contributed by atoms with van der Waals surface area (Å²) in [5.74, 6) is -0.248. The lowest BCUT2D eigenvalue weighted by Gasteiger charge is -2.22. The summed E-state index contributed by atoms with van der Waals surface area (Å²) in [4.78, 5) is 18.3. The minimum atomic E-state index is -0.527. The van der Waals surface area contributed by atoms with Gasteiger partial charge in [-0.15, -0.1) is 0 Å². The molecule has 1 atom stereocenters. The summed E-state index contributed by atoms with van der Waals surface area (Å²) in [6.07, 6.45) is 0.902. The Morgan fingerprint density at radius 2 is 2.00 bits per heavy atom. The van der Waals surface area contributed by atoms with Crippen LogP contribution in [0.15, 0.2) is 47.0 Å². The van der Waals surface area contributed by atoms with Crippen molar-refractivity contribution in [3.63, 3.8) is 0 Å². The molecule has 2 heterocycles. The predicted octanol–water partition coefficient (Wildman–Crippen LogP) is 3.89. The first-order valence-corrected chi connectivity index (χ1v) is 8.76. The number of likely N-dealkylation sites (tertiary alicyclic amines) is 1. The number of carbonyl (C=O) groups excluding carboxylic acids is 1. The van der Waals surface area contributed by atoms with E-state index < -0.39 is 5.82 Å². The summed E-state index contributed by atoms with van der Waals surface area (Å²) in [6, 6.07) is 10.00. The molecule has 1 fully saturated rings. The monoisotopic (exact) mass is 385 g/mol. The van der Waals surface area contributed by atoms with Gasteiger partial charge in [0.2, 0.25) is 17.6 Å². The summed E-state index contributed by atoms with van der Waals surface area (Å²) >= 11 is 0. The van der Waals surface area contributed by atoms with Crippen molar-refractivity contribution in [1.29, 1.82) is 0 Å². The Hall–Kier alpha value is -3.29. The molecule has 1 aliphatic heterocycles. The van der Waals surface area contributed by atoms with Gasteiger partial charge in [-0.1, -0.05) is 17.3 Å². The van der Waals surface area contributed by atoms with Crippen LogP contribution in [0.2, 0.25) is 0 Å². The largest absolute Gasteiger partial charge is 0.494 e. The zero-order chi connectivity index (χ0) is 19.7. The highest BCUT2D eigenvalue weighted by Crippen LogP contribution is 2.34. The van der Waals surface area contributed by atoms with Crippen molar-refractivity contribution >= 4 is 5.91 Å². The molecule has 0 radical (unpaired) electrons. The van der Waals surface area contributed by atoms with E-state index in [0.717, 1.165) is 5.56 Å². The lowest BCUT2D eigenvalue weighted by molar-refractivity contribution is -0.129. The second-order valence-corrected chi connectivity index (χ2v) is 6.51. The summed E-state index contributed by atoms with van der Waals surface area (Å²) in [6.45, 7) is 0.318. The number of amides is 1. The third kappa shape index (κ3) is 3.45. The Labute approximate surface area is 159 Å². The van der Waals surface area contributed by atoms with Gasteiger partial charge in [0.05, 0.1) is 7.11 Å². The van der Waals surface area contributed by atoms with Crippen LogP contribution in [-0.2, 0) is 11.3 Å². The molecular formula is C20H17F2N3O3. The number of benzene rings is 2. The molecule has 0 N–H and O–H groups in total. The number of halogens is 2. The highest BCUT2D eigenvalue weighted by atomic mass is 19.1. The summed E-state index contributed by atoms with van der Waals surface area (Å²) < 4.78 is 37.3. The van der Waals surface area contributed by atoms with Crippen molar-refractivity contribution in [2.24, 2.45) is 0 Å². The minimum absolute atomic E-state index is 0.0374. The average Bonchev–Trinajstić information content (AvgIpc) is 3.31. The maximum atomic E-state index is 13.9. The highest BCUT2D eigenvalue weighted by Gasteiger charge is 2.36. The Kier molecular flexibility index (Phi) is 4.77. The van der Waals surface area contributed by atoms with Crippen LogP contribution in [0, 0.1) is 11.6 Å². The van der Waals surface area contributed by atoms with Gasteiger partial charge in [0.25, 0.3) is 0 Å². The first-order valence-electron chi connectivity index (χ1n) is 8.76. The van der Waals surface area contributed by atoms with Crippen LogP contribution >= 0.6 is 0 Å². The number of rotatable bonds is 5. The number of hydrogen-bond acceptors (Lipinski definition) is 5. The molecule has 144 valence electrons. The van der Waals surface area contributed by atoms with E-state index in [2.05, 4.69) is 10.1 Å². The average molecular weight is 385 g/mol. The zero-order valence-electron chi connectivity index (χ0n) is 15.1. The SMILES string of the molecule is COc1ccc(-c2noc(C3CCC(=O)N3Cc3ccc(F)cc3)n2)cc1F. The second kappa shape index (κ2) is 7.38. The number of nitrogens with zero attached hydrogens (tertiary/aromatic N) is 3. The highest BCUT2D eigenvalue weighted by molar-refractivity contribution is 5.78. The van der Waals surface area contributed by atoms with Gasteiger partial charge < -0.3 is 14.2 Å². The van der Waals surface area contributed by atoms with E-state index in [1.807, 2.05) is 0 Å². The standard InChI is InChI=1S/C20H17F2N3O3/c1-27-17-8-4-13(10-15(17)22)19-23-20(28-24-19)16-7-9-18(26)25(16)11-12-2-5-14(21)6-3-12/h2-6,8,10,16H,7,9,11H2,1H3. The Morgan fingerprint density at radius 1 is 1.21 bits per heavy atom. The lowest BCUT2D eigenvalue weighted by atomic mass is 10.1. The van der Waals surface area contributed by atoms with Crippen molar-refractivity contribution in [3.05, 3.63) is 65.6 Å². The van der Waals surface area contributed by atoms with Gasteiger partial charge in [-0.05, 0) is 42.3 Å². The summed E-state index contributed by atoms with van der Waals surface area (Å²) in [7, 11) is 1.39. The van der Waals surface area contributed by atoms with Crippen LogP contribution in [0.1, 0.15) is 30.3 Å². The number of carbonyl (C=O) groups is 1. The number of methoxy groups -OCH3 is 1. The maximum Gasteiger partial charge on any atom is 0.249 e. The molecule has 3 aromatic rings. The van der Waals surface area contributed by atoms with Gasteiger partial charge in [0.1, 0.15) is 11.9 Å². The molecule has 4 rings (SSSR count).